The van der Waals surface area contributed by atoms with Crippen LogP contribution in [0.25, 0.3) is 43.5 Å². The lowest BCUT2D eigenvalue weighted by Crippen LogP contribution is -2.57. The molecule has 138 heavy (non-hydrogen) atoms. The van der Waals surface area contributed by atoms with Crippen LogP contribution in [0.2, 0.25) is 0 Å². The molecule has 0 unspecified atom stereocenters. The van der Waals surface area contributed by atoms with Gasteiger partial charge >= 0.3 is 0 Å². The van der Waals surface area contributed by atoms with Gasteiger partial charge in [-0.05, 0) is 264 Å². The van der Waals surface area contributed by atoms with Crippen LogP contribution < -0.4 is 26.2 Å². The summed E-state index contributed by atoms with van der Waals surface area (Å²) in [5, 5.41) is 12.1. The standard InChI is InChI=1S/C46H34N4.C45H44N4.C35H24N4/c47-44(49-45(34-17-5-2-6-18-34)48-31-32-15-3-1-4-16-32)33-27-29-35(30-28-33)50-42-25-13-11-23-40(42)46(41-24-12-14-26-43(41)50)38-21-9-7-19-36(38)37-20-8-10-22-39(37)46;1-29-11-15-31(16-12-29)28-47-44(35-17-13-30(2)14-18-35)48-43(46)34-19-21-38(22-20-34)49-41-9-5-3-7-39(41)45(40-8-4-6-10-42(40)49)36-24-32-23-33(26-36)27-37(45)25-32;1-35(2)29-19-23(22-36)15-17-33(29)39(34-18-16-24(37-3)20-30(34)35)26-10-8-9-25(21-26)38-31-13-6-4-11-27(31)28-12-5-7-14-32(28)38/h1-30H,31H2,(H2,47,48,49);3-22,32-33,36-37H,23-28H2,1-2H3,(H2,46,47,48);4-21H,1-2H3. The highest BCUT2D eigenvalue weighted by atomic mass is 15.2. The number of hydrogen-bond donors (Lipinski definition) is 2. The minimum atomic E-state index is -0.430. The van der Waals surface area contributed by atoms with Crippen LogP contribution >= 0.6 is 0 Å². The van der Waals surface area contributed by atoms with E-state index in [1.54, 1.807) is 0 Å². The zero-order valence-electron chi connectivity index (χ0n) is 77.6. The Morgan fingerprint density at radius 3 is 1.25 bits per heavy atom. The number of nitrogens with two attached hydrogens (primary N) is 2. The van der Waals surface area contributed by atoms with Gasteiger partial charge in [0.15, 0.2) is 17.4 Å². The van der Waals surface area contributed by atoms with Crippen molar-refractivity contribution in [3.05, 3.63) is 519 Å². The minimum absolute atomic E-state index is 0.110. The molecule has 26 rings (SSSR count). The van der Waals surface area contributed by atoms with Crippen LogP contribution in [-0.2, 0) is 29.3 Å². The molecule has 12 heteroatoms. The Bertz CT molecular complexity index is 7710. The second-order valence-corrected chi connectivity index (χ2v) is 38.3. The normalized spacial score (nSPS) is 17.2. The van der Waals surface area contributed by atoms with Crippen molar-refractivity contribution in [2.45, 2.75) is 89.1 Å². The Morgan fingerprint density at radius 2 is 0.746 bits per heavy atom. The number of nitrogens with zero attached hydrogens (tertiary/aromatic N) is 10. The number of para-hydroxylation sites is 6. The second kappa shape index (κ2) is 35.2. The molecule has 4 fully saturated rings. The van der Waals surface area contributed by atoms with Crippen molar-refractivity contribution >= 4 is 102 Å². The summed E-state index contributed by atoms with van der Waals surface area (Å²) in [6.45, 7) is 17.2. The predicted molar refractivity (Wildman–Crippen MR) is 567 cm³/mol. The first-order valence-electron chi connectivity index (χ1n) is 48.0. The number of rotatable bonds is 12. The first-order valence-corrected chi connectivity index (χ1v) is 48.0. The molecule has 0 amide bonds. The summed E-state index contributed by atoms with van der Waals surface area (Å²) in [4.78, 5) is 30.5. The van der Waals surface area contributed by atoms with Gasteiger partial charge in [0.1, 0.15) is 11.7 Å². The fourth-order valence-corrected chi connectivity index (χ4v) is 24.1. The summed E-state index contributed by atoms with van der Waals surface area (Å²) in [6.07, 6.45) is 6.97. The molecule has 12 nitrogen and oxygen atoms in total. The van der Waals surface area contributed by atoms with Crippen LogP contribution in [0, 0.1) is 55.4 Å². The Labute approximate surface area is 806 Å². The summed E-state index contributed by atoms with van der Waals surface area (Å²) in [7, 11) is 0. The second-order valence-electron chi connectivity index (χ2n) is 38.3. The van der Waals surface area contributed by atoms with Gasteiger partial charge in [-0.3, -0.25) is 9.98 Å². The topological polar surface area (TPSA) is 144 Å². The molecule has 4 N–H and O–H groups in total. The Morgan fingerprint density at radius 1 is 0.355 bits per heavy atom. The van der Waals surface area contributed by atoms with Crippen molar-refractivity contribution < 1.29 is 0 Å². The van der Waals surface area contributed by atoms with E-state index in [9.17, 15) is 5.26 Å². The number of aryl methyl sites for hydroxylation is 2. The molecule has 17 aromatic carbocycles. The van der Waals surface area contributed by atoms with Crippen LogP contribution in [0.3, 0.4) is 0 Å². The molecule has 0 atom stereocenters. The van der Waals surface area contributed by atoms with Crippen molar-refractivity contribution in [3.63, 3.8) is 0 Å². The van der Waals surface area contributed by atoms with E-state index in [-0.39, 0.29) is 10.8 Å². The number of hydrogen-bond acceptors (Lipinski definition) is 6. The molecule has 0 saturated heterocycles. The van der Waals surface area contributed by atoms with Crippen molar-refractivity contribution in [1.29, 1.82) is 5.26 Å². The van der Waals surface area contributed by atoms with Crippen molar-refractivity contribution in [1.82, 2.24) is 4.57 Å². The van der Waals surface area contributed by atoms with Crippen molar-refractivity contribution in [2.24, 2.45) is 55.1 Å². The van der Waals surface area contributed by atoms with E-state index in [1.165, 1.54) is 110 Å². The van der Waals surface area contributed by atoms with E-state index in [0.717, 1.165) is 125 Å². The predicted octanol–water partition coefficient (Wildman–Crippen LogP) is 29.7. The lowest BCUT2D eigenvalue weighted by atomic mass is 9.41. The molecule has 1 aromatic heterocycles. The maximum Gasteiger partial charge on any atom is 0.187 e. The molecule has 666 valence electrons. The Hall–Kier alpha value is -16.8. The van der Waals surface area contributed by atoms with Gasteiger partial charge in [-0.15, -0.1) is 0 Å². The number of nitriles is 1. The van der Waals surface area contributed by atoms with Crippen LogP contribution in [0.5, 0.6) is 0 Å². The van der Waals surface area contributed by atoms with E-state index < -0.39 is 5.41 Å². The zero-order chi connectivity index (χ0) is 93.3. The fraction of sp³-hybridized carbons (Fsp3) is 0.143. The lowest BCUT2D eigenvalue weighted by Gasteiger charge is -2.64. The first-order chi connectivity index (χ1) is 67.7. The molecule has 5 aliphatic carbocycles. The molecule has 18 aromatic rings. The summed E-state index contributed by atoms with van der Waals surface area (Å²) >= 11 is 0. The van der Waals surface area contributed by atoms with Gasteiger partial charge < -0.3 is 30.7 Å². The van der Waals surface area contributed by atoms with Gasteiger partial charge in [0, 0.05) is 72.3 Å². The SMILES string of the molecule is Cc1ccc(CN=C(N=C(N)c2ccc(N3c4ccccc4C4(c5ccccc53)C3CC5CC(C3)CC4C5)cc2)c2ccc(C)cc2)cc1.NC(=NC(=NCc1ccccc1)c1ccccc1)c1ccc(N2c3ccccc3C3(c4ccccc4-c4ccccc43)c3ccccc32)cc1.[C-]#[N+]c1ccc2c(c1)C(C)(C)c1cc(C#N)ccc1N2c1cccc(-n2c3ccccc3c3ccccc32)c1. The van der Waals surface area contributed by atoms with E-state index in [2.05, 4.69) is 398 Å². The monoisotopic (exact) mass is 1780 g/mol. The molecule has 2 spiro atoms. The Balaban J connectivity index is 0.000000117. The summed E-state index contributed by atoms with van der Waals surface area (Å²) in [5.74, 6) is 5.42. The highest BCUT2D eigenvalue weighted by Gasteiger charge is 2.62. The zero-order valence-corrected chi connectivity index (χ0v) is 77.6. The van der Waals surface area contributed by atoms with Gasteiger partial charge in [-0.25, -0.2) is 14.8 Å². The molecule has 4 heterocycles. The molecule has 0 radical (unpaired) electrons. The van der Waals surface area contributed by atoms with Crippen LogP contribution in [-0.4, -0.2) is 27.9 Å². The van der Waals surface area contributed by atoms with Gasteiger partial charge in [0.2, 0.25) is 0 Å². The Kier molecular flexibility index (Phi) is 21.8. The third kappa shape index (κ3) is 14.6. The van der Waals surface area contributed by atoms with Crippen molar-refractivity contribution in [2.75, 3.05) is 14.7 Å². The summed E-state index contributed by atoms with van der Waals surface area (Å²) in [5.41, 5.74) is 48.9. The number of aromatic nitrogens is 1. The summed E-state index contributed by atoms with van der Waals surface area (Å²) < 4.78 is 2.32. The third-order valence-corrected chi connectivity index (χ3v) is 30.1. The first kappa shape index (κ1) is 85.4. The fourth-order valence-electron chi connectivity index (χ4n) is 24.1. The molecule has 4 bridgehead atoms. The number of amidine groups is 4. The van der Waals surface area contributed by atoms with E-state index >= 15 is 0 Å². The largest absolute Gasteiger partial charge is 0.383 e. The molecule has 3 aliphatic heterocycles. The number of aliphatic imine (C=N–C) groups is 4. The molecular formula is C126H102N12. The average Bonchev–Trinajstić information content (AvgIpc) is 0.951. The smallest absolute Gasteiger partial charge is 0.187 e. The highest BCUT2D eigenvalue weighted by molar-refractivity contribution is 6.13. The van der Waals surface area contributed by atoms with E-state index in [4.69, 9.17) is 38.0 Å². The summed E-state index contributed by atoms with van der Waals surface area (Å²) in [6, 6.07) is 148. The van der Waals surface area contributed by atoms with Gasteiger partial charge in [0.25, 0.3) is 0 Å². The number of anilines is 9. The third-order valence-electron chi connectivity index (χ3n) is 30.1. The minimum Gasteiger partial charge on any atom is -0.383 e. The molecule has 8 aliphatic rings. The van der Waals surface area contributed by atoms with Gasteiger partial charge in [-0.1, -0.05) is 310 Å². The van der Waals surface area contributed by atoms with Gasteiger partial charge in [-0.2, -0.15) is 5.26 Å². The average molecular weight is 1780 g/mol. The van der Waals surface area contributed by atoms with Crippen LogP contribution in [0.4, 0.5) is 56.9 Å². The van der Waals surface area contributed by atoms with E-state index in [0.29, 0.717) is 47.7 Å². The quantitative estimate of drug-likeness (QED) is 0.0708. The highest BCUT2D eigenvalue weighted by Crippen LogP contribution is 2.70. The van der Waals surface area contributed by atoms with Crippen LogP contribution in [0.15, 0.2) is 432 Å². The van der Waals surface area contributed by atoms with Crippen molar-refractivity contribution in [3.8, 4) is 22.9 Å². The van der Waals surface area contributed by atoms with Crippen LogP contribution in [0.1, 0.15) is 141 Å². The number of fused-ring (bicyclic) bond motifs is 16. The maximum atomic E-state index is 9.68. The molecule has 4 saturated carbocycles. The lowest BCUT2D eigenvalue weighted by molar-refractivity contribution is -0.0419. The van der Waals surface area contributed by atoms with Gasteiger partial charge in [0.05, 0.1) is 76.2 Å². The molecular weight excluding hydrogens is 1680 g/mol. The number of benzene rings is 17. The maximum absolute atomic E-state index is 9.68. The van der Waals surface area contributed by atoms with E-state index in [1.807, 2.05) is 72.8 Å².